The maximum absolute atomic E-state index is 5.63. The van der Waals surface area contributed by atoms with Crippen LogP contribution in [0.3, 0.4) is 0 Å². The van der Waals surface area contributed by atoms with Crippen molar-refractivity contribution in [1.82, 2.24) is 15.2 Å². The summed E-state index contributed by atoms with van der Waals surface area (Å²) in [6, 6.07) is 3.79. The molecule has 0 atom stereocenters. The highest BCUT2D eigenvalue weighted by atomic mass is 32.2. The van der Waals surface area contributed by atoms with Crippen molar-refractivity contribution in [1.29, 1.82) is 0 Å². The summed E-state index contributed by atoms with van der Waals surface area (Å²) in [5.41, 5.74) is 0.873. The fourth-order valence-corrected chi connectivity index (χ4v) is 3.08. The van der Waals surface area contributed by atoms with Gasteiger partial charge in [0.1, 0.15) is 0 Å². The lowest BCUT2D eigenvalue weighted by Crippen LogP contribution is -1.92. The van der Waals surface area contributed by atoms with E-state index in [4.69, 9.17) is 4.42 Å². The number of thioether (sulfide) groups is 1. The quantitative estimate of drug-likeness (QED) is 0.833. The summed E-state index contributed by atoms with van der Waals surface area (Å²) in [5, 5.41) is 9.45. The third-order valence-corrected chi connectivity index (χ3v) is 4.06. The molecule has 1 aliphatic rings. The van der Waals surface area contributed by atoms with Gasteiger partial charge in [-0.2, -0.15) is 0 Å². The lowest BCUT2D eigenvalue weighted by molar-refractivity contribution is 0.464. The number of rotatable bonds is 3. The van der Waals surface area contributed by atoms with Gasteiger partial charge in [0.15, 0.2) is 0 Å². The topological polar surface area (TPSA) is 51.8 Å². The van der Waals surface area contributed by atoms with Gasteiger partial charge in [0, 0.05) is 17.6 Å². The van der Waals surface area contributed by atoms with Gasteiger partial charge in [0.05, 0.1) is 5.56 Å². The average molecular weight is 247 g/mol. The Bertz CT molecular complexity index is 480. The fraction of sp³-hybridized carbons (Fsp3) is 0.417. The second-order valence-electron chi connectivity index (χ2n) is 4.14. The van der Waals surface area contributed by atoms with E-state index in [-0.39, 0.29) is 0 Å². The minimum absolute atomic E-state index is 0.554. The average Bonchev–Trinajstić information content (AvgIpc) is 3.02. The zero-order chi connectivity index (χ0) is 11.5. The Labute approximate surface area is 104 Å². The molecular weight excluding hydrogens is 234 g/mol. The highest BCUT2D eigenvalue weighted by Crippen LogP contribution is 2.34. The molecule has 1 aliphatic carbocycles. The van der Waals surface area contributed by atoms with Crippen molar-refractivity contribution < 1.29 is 4.42 Å². The van der Waals surface area contributed by atoms with Crippen molar-refractivity contribution in [3.8, 4) is 11.5 Å². The van der Waals surface area contributed by atoms with Gasteiger partial charge in [0.2, 0.25) is 5.89 Å². The van der Waals surface area contributed by atoms with Crippen LogP contribution in [0.4, 0.5) is 0 Å². The number of hydrogen-bond donors (Lipinski definition) is 0. The van der Waals surface area contributed by atoms with E-state index in [2.05, 4.69) is 15.2 Å². The molecular formula is C12H13N3OS. The summed E-state index contributed by atoms with van der Waals surface area (Å²) < 4.78 is 5.63. The van der Waals surface area contributed by atoms with Crippen molar-refractivity contribution in [2.45, 2.75) is 36.2 Å². The van der Waals surface area contributed by atoms with E-state index >= 15 is 0 Å². The van der Waals surface area contributed by atoms with E-state index < -0.39 is 0 Å². The molecule has 3 rings (SSSR count). The van der Waals surface area contributed by atoms with Crippen molar-refractivity contribution >= 4 is 11.8 Å². The molecule has 2 aromatic heterocycles. The van der Waals surface area contributed by atoms with E-state index in [1.54, 1.807) is 24.2 Å². The smallest absolute Gasteiger partial charge is 0.277 e. The number of nitrogens with zero attached hydrogens (tertiary/aromatic N) is 3. The molecule has 88 valence electrons. The van der Waals surface area contributed by atoms with Crippen LogP contribution < -0.4 is 0 Å². The molecule has 2 heterocycles. The standard InChI is InChI=1S/C12H13N3OS/c1-2-6-10(5-1)17-12-15-14-11(16-12)9-4-3-7-13-8-9/h3-4,7-8,10H,1-2,5-6H2. The van der Waals surface area contributed by atoms with Gasteiger partial charge in [-0.05, 0) is 25.0 Å². The first kappa shape index (κ1) is 10.8. The second kappa shape index (κ2) is 4.87. The Morgan fingerprint density at radius 2 is 2.12 bits per heavy atom. The van der Waals surface area contributed by atoms with Crippen LogP contribution in [0.15, 0.2) is 34.2 Å². The van der Waals surface area contributed by atoms with Gasteiger partial charge in [-0.15, -0.1) is 10.2 Å². The summed E-state index contributed by atoms with van der Waals surface area (Å²) in [6.45, 7) is 0. The van der Waals surface area contributed by atoms with Crippen LogP contribution in [0.1, 0.15) is 25.7 Å². The van der Waals surface area contributed by atoms with Crippen LogP contribution in [-0.2, 0) is 0 Å². The molecule has 0 radical (unpaired) electrons. The van der Waals surface area contributed by atoms with E-state index in [0.717, 1.165) is 5.56 Å². The van der Waals surface area contributed by atoms with Crippen molar-refractivity contribution in [3.05, 3.63) is 24.5 Å². The van der Waals surface area contributed by atoms with Gasteiger partial charge in [-0.1, -0.05) is 24.6 Å². The molecule has 5 heteroatoms. The summed E-state index contributed by atoms with van der Waals surface area (Å²) in [6.07, 6.45) is 8.62. The summed E-state index contributed by atoms with van der Waals surface area (Å²) in [4.78, 5) is 4.04. The van der Waals surface area contributed by atoms with E-state index in [1.807, 2.05) is 12.1 Å². The van der Waals surface area contributed by atoms with Crippen LogP contribution in [0, 0.1) is 0 Å². The molecule has 0 bridgehead atoms. The Morgan fingerprint density at radius 1 is 1.24 bits per heavy atom. The first-order valence-electron chi connectivity index (χ1n) is 5.82. The predicted octanol–water partition coefficient (Wildman–Crippen LogP) is 3.17. The molecule has 2 aromatic rings. The summed E-state index contributed by atoms with van der Waals surface area (Å²) in [5.74, 6) is 0.554. The Hall–Kier alpha value is -1.36. The third kappa shape index (κ3) is 2.49. The highest BCUT2D eigenvalue weighted by molar-refractivity contribution is 7.99. The van der Waals surface area contributed by atoms with Crippen molar-refractivity contribution in [2.24, 2.45) is 0 Å². The van der Waals surface area contributed by atoms with Crippen LogP contribution in [0.5, 0.6) is 0 Å². The molecule has 17 heavy (non-hydrogen) atoms. The predicted molar refractivity (Wildman–Crippen MR) is 65.6 cm³/mol. The molecule has 4 nitrogen and oxygen atoms in total. The SMILES string of the molecule is c1cncc(-c2nnc(SC3CCCC3)o2)c1. The van der Waals surface area contributed by atoms with Crippen LogP contribution in [-0.4, -0.2) is 20.4 Å². The van der Waals surface area contributed by atoms with Gasteiger partial charge in [0.25, 0.3) is 5.22 Å². The molecule has 0 unspecified atom stereocenters. The molecule has 0 N–H and O–H groups in total. The second-order valence-corrected chi connectivity index (χ2v) is 5.39. The maximum atomic E-state index is 5.63. The summed E-state index contributed by atoms with van der Waals surface area (Å²) in [7, 11) is 0. The van der Waals surface area contributed by atoms with Gasteiger partial charge in [-0.25, -0.2) is 0 Å². The highest BCUT2D eigenvalue weighted by Gasteiger charge is 2.19. The molecule has 0 spiro atoms. The summed E-state index contributed by atoms with van der Waals surface area (Å²) >= 11 is 1.71. The van der Waals surface area contributed by atoms with Gasteiger partial charge >= 0.3 is 0 Å². The van der Waals surface area contributed by atoms with E-state index in [1.165, 1.54) is 25.7 Å². The monoisotopic (exact) mass is 247 g/mol. The van der Waals surface area contributed by atoms with Gasteiger partial charge in [-0.3, -0.25) is 4.98 Å². The largest absolute Gasteiger partial charge is 0.411 e. The number of hydrogen-bond acceptors (Lipinski definition) is 5. The Morgan fingerprint density at radius 3 is 2.88 bits per heavy atom. The van der Waals surface area contributed by atoms with Crippen molar-refractivity contribution in [2.75, 3.05) is 0 Å². The Balaban J connectivity index is 1.74. The lowest BCUT2D eigenvalue weighted by Gasteiger charge is -2.02. The molecule has 1 saturated carbocycles. The first-order valence-corrected chi connectivity index (χ1v) is 6.70. The van der Waals surface area contributed by atoms with Crippen molar-refractivity contribution in [3.63, 3.8) is 0 Å². The fourth-order valence-electron chi connectivity index (χ4n) is 2.01. The van der Waals surface area contributed by atoms with Crippen LogP contribution in [0.25, 0.3) is 11.5 Å². The first-order chi connectivity index (χ1) is 8.42. The zero-order valence-electron chi connectivity index (χ0n) is 9.37. The number of pyridine rings is 1. The molecule has 0 saturated heterocycles. The lowest BCUT2D eigenvalue weighted by atomic mass is 10.3. The van der Waals surface area contributed by atoms with E-state index in [0.29, 0.717) is 16.4 Å². The molecule has 0 amide bonds. The minimum Gasteiger partial charge on any atom is -0.411 e. The van der Waals surface area contributed by atoms with E-state index in [9.17, 15) is 0 Å². The van der Waals surface area contributed by atoms with Gasteiger partial charge < -0.3 is 4.42 Å². The molecule has 0 aliphatic heterocycles. The third-order valence-electron chi connectivity index (χ3n) is 2.88. The Kier molecular flexibility index (Phi) is 3.09. The molecule has 1 fully saturated rings. The zero-order valence-corrected chi connectivity index (χ0v) is 10.2. The van der Waals surface area contributed by atoms with Crippen LogP contribution >= 0.6 is 11.8 Å². The molecule has 0 aromatic carbocycles. The normalized spacial score (nSPS) is 16.5. The minimum atomic E-state index is 0.554. The van der Waals surface area contributed by atoms with Crippen LogP contribution in [0.2, 0.25) is 0 Å². The number of aromatic nitrogens is 3. The maximum Gasteiger partial charge on any atom is 0.277 e.